The number of hydrogen-bond donors (Lipinski definition) is 0. The molecule has 0 spiro atoms. The summed E-state index contributed by atoms with van der Waals surface area (Å²) in [6.07, 6.45) is 1.46. The maximum absolute atomic E-state index is 11.8. The van der Waals surface area contributed by atoms with E-state index < -0.39 is 5.97 Å². The van der Waals surface area contributed by atoms with E-state index in [0.717, 1.165) is 16.2 Å². The number of aryl methyl sites for hydroxylation is 1. The van der Waals surface area contributed by atoms with Gasteiger partial charge in [0.1, 0.15) is 5.75 Å². The third kappa shape index (κ3) is 5.51. The molecule has 0 aliphatic carbocycles. The lowest BCUT2D eigenvalue weighted by Gasteiger charge is -2.02. The Morgan fingerprint density at radius 3 is 2.50 bits per heavy atom. The molecule has 0 saturated heterocycles. The molecular formula is C17H17NO5S. The molecule has 24 heavy (non-hydrogen) atoms. The molecule has 0 bridgehead atoms. The average Bonchev–Trinajstić information content (AvgIpc) is 3.03. The van der Waals surface area contributed by atoms with Crippen LogP contribution in [0.25, 0.3) is 0 Å². The Morgan fingerprint density at radius 2 is 1.88 bits per heavy atom. The van der Waals surface area contributed by atoms with E-state index >= 15 is 0 Å². The molecule has 0 fully saturated rings. The number of ketones is 1. The van der Waals surface area contributed by atoms with E-state index in [1.165, 1.54) is 17.6 Å². The Labute approximate surface area is 143 Å². The molecule has 1 aromatic carbocycles. The largest absolute Gasteiger partial charge is 0.497 e. The van der Waals surface area contributed by atoms with Crippen LogP contribution in [0, 0.1) is 6.92 Å². The number of carbonyl (C=O) groups excluding carboxylic acids is 2. The van der Waals surface area contributed by atoms with Crippen LogP contribution in [-0.4, -0.2) is 38.3 Å². The Balaban J connectivity index is 1.69. The van der Waals surface area contributed by atoms with Gasteiger partial charge in [0.05, 0.1) is 18.2 Å². The van der Waals surface area contributed by atoms with Crippen LogP contribution < -0.4 is 4.74 Å². The summed E-state index contributed by atoms with van der Waals surface area (Å²) in [5, 5.41) is 3.68. The number of oxime groups is 1. The van der Waals surface area contributed by atoms with Crippen LogP contribution in [0.1, 0.15) is 20.1 Å². The molecule has 0 aliphatic rings. The molecule has 126 valence electrons. The Kier molecular flexibility index (Phi) is 6.51. The van der Waals surface area contributed by atoms with Crippen LogP contribution in [0.15, 0.2) is 41.6 Å². The molecule has 0 amide bonds. The lowest BCUT2D eigenvalue weighted by Crippen LogP contribution is -2.16. The monoisotopic (exact) mass is 347 g/mol. The average molecular weight is 347 g/mol. The highest BCUT2D eigenvalue weighted by atomic mass is 32.1. The van der Waals surface area contributed by atoms with Crippen LogP contribution >= 0.6 is 11.3 Å². The number of nitrogens with zero attached hydrogens (tertiary/aromatic N) is 1. The van der Waals surface area contributed by atoms with Crippen molar-refractivity contribution in [1.82, 2.24) is 0 Å². The van der Waals surface area contributed by atoms with Gasteiger partial charge in [-0.05, 0) is 48.9 Å². The third-order valence-corrected chi connectivity index (χ3v) is 4.00. The first-order valence-electron chi connectivity index (χ1n) is 7.13. The van der Waals surface area contributed by atoms with E-state index in [-0.39, 0.29) is 19.0 Å². The van der Waals surface area contributed by atoms with Gasteiger partial charge in [-0.3, -0.25) is 4.79 Å². The summed E-state index contributed by atoms with van der Waals surface area (Å²) in [7, 11) is 1.59. The second kappa shape index (κ2) is 8.83. The number of thiophene rings is 1. The maximum atomic E-state index is 11.8. The smallest absolute Gasteiger partial charge is 0.347 e. The van der Waals surface area contributed by atoms with Gasteiger partial charge in [-0.2, -0.15) is 0 Å². The van der Waals surface area contributed by atoms with Crippen molar-refractivity contribution < 1.29 is 23.9 Å². The van der Waals surface area contributed by atoms with Crippen LogP contribution in [0.5, 0.6) is 5.75 Å². The standard InChI is InChI=1S/C17H17NO5S/c1-12-3-8-16(24-12)15(19)10-22-17(20)11-23-18-9-13-4-6-14(21-2)7-5-13/h3-9H,10-11H2,1-2H3/b18-9-. The summed E-state index contributed by atoms with van der Waals surface area (Å²) in [5.41, 5.74) is 0.799. The Bertz CT molecular complexity index is 721. The molecule has 6 nitrogen and oxygen atoms in total. The molecule has 1 heterocycles. The second-order valence-electron chi connectivity index (χ2n) is 4.78. The topological polar surface area (TPSA) is 74.2 Å². The minimum absolute atomic E-state index is 0.233. The highest BCUT2D eigenvalue weighted by Gasteiger charge is 2.11. The van der Waals surface area contributed by atoms with E-state index in [4.69, 9.17) is 14.3 Å². The van der Waals surface area contributed by atoms with Gasteiger partial charge in [-0.1, -0.05) is 5.16 Å². The van der Waals surface area contributed by atoms with Gasteiger partial charge in [0.2, 0.25) is 12.4 Å². The summed E-state index contributed by atoms with van der Waals surface area (Å²) < 4.78 is 9.89. The number of hydrogen-bond acceptors (Lipinski definition) is 7. The summed E-state index contributed by atoms with van der Waals surface area (Å²) in [6, 6.07) is 10.7. The van der Waals surface area contributed by atoms with Gasteiger partial charge in [-0.25, -0.2) is 4.79 Å². The minimum atomic E-state index is -0.650. The van der Waals surface area contributed by atoms with Gasteiger partial charge in [0, 0.05) is 4.88 Å². The lowest BCUT2D eigenvalue weighted by atomic mass is 10.2. The summed E-state index contributed by atoms with van der Waals surface area (Å²) in [6.45, 7) is 1.25. The van der Waals surface area contributed by atoms with Crippen molar-refractivity contribution in [3.05, 3.63) is 51.7 Å². The molecular weight excluding hydrogens is 330 g/mol. The van der Waals surface area contributed by atoms with Gasteiger partial charge >= 0.3 is 5.97 Å². The fourth-order valence-corrected chi connectivity index (χ4v) is 2.51. The maximum Gasteiger partial charge on any atom is 0.347 e. The minimum Gasteiger partial charge on any atom is -0.497 e. The number of ether oxygens (including phenoxy) is 2. The first-order valence-corrected chi connectivity index (χ1v) is 7.95. The number of carbonyl (C=O) groups is 2. The van der Waals surface area contributed by atoms with E-state index in [1.807, 2.05) is 13.0 Å². The van der Waals surface area contributed by atoms with Crippen molar-refractivity contribution in [3.63, 3.8) is 0 Å². The SMILES string of the molecule is COc1ccc(/C=N\OCC(=O)OCC(=O)c2ccc(C)s2)cc1. The van der Waals surface area contributed by atoms with Crippen LogP contribution in [0.4, 0.5) is 0 Å². The van der Waals surface area contributed by atoms with E-state index in [0.29, 0.717) is 4.88 Å². The molecule has 0 unspecified atom stereocenters. The fourth-order valence-electron chi connectivity index (χ4n) is 1.72. The van der Waals surface area contributed by atoms with Crippen molar-refractivity contribution in [2.24, 2.45) is 5.16 Å². The molecule has 0 N–H and O–H groups in total. The molecule has 0 atom stereocenters. The highest BCUT2D eigenvalue weighted by Crippen LogP contribution is 2.15. The number of methoxy groups -OCH3 is 1. The quantitative estimate of drug-likeness (QED) is 0.318. The second-order valence-corrected chi connectivity index (χ2v) is 6.06. The van der Waals surface area contributed by atoms with Crippen molar-refractivity contribution >= 4 is 29.3 Å². The molecule has 1 aromatic heterocycles. The predicted molar refractivity (Wildman–Crippen MR) is 90.9 cm³/mol. The third-order valence-electron chi connectivity index (χ3n) is 2.95. The first kappa shape index (κ1) is 17.7. The Hall–Kier alpha value is -2.67. The zero-order valence-electron chi connectivity index (χ0n) is 13.4. The van der Waals surface area contributed by atoms with Gasteiger partial charge in [0.15, 0.2) is 6.61 Å². The number of benzene rings is 1. The molecule has 7 heteroatoms. The van der Waals surface area contributed by atoms with E-state index in [2.05, 4.69) is 5.16 Å². The van der Waals surface area contributed by atoms with E-state index in [1.54, 1.807) is 37.4 Å². The Morgan fingerprint density at radius 1 is 1.12 bits per heavy atom. The van der Waals surface area contributed by atoms with Crippen molar-refractivity contribution in [2.75, 3.05) is 20.3 Å². The van der Waals surface area contributed by atoms with Crippen LogP contribution in [0.2, 0.25) is 0 Å². The van der Waals surface area contributed by atoms with Gasteiger partial charge in [-0.15, -0.1) is 11.3 Å². The molecule has 0 saturated carbocycles. The van der Waals surface area contributed by atoms with Gasteiger partial charge < -0.3 is 14.3 Å². The van der Waals surface area contributed by atoms with E-state index in [9.17, 15) is 9.59 Å². The number of rotatable bonds is 8. The summed E-state index contributed by atoms with van der Waals surface area (Å²) >= 11 is 1.36. The molecule has 0 radical (unpaired) electrons. The predicted octanol–water partition coefficient (Wildman–Crippen LogP) is 2.84. The highest BCUT2D eigenvalue weighted by molar-refractivity contribution is 7.14. The summed E-state index contributed by atoms with van der Waals surface area (Å²) in [4.78, 5) is 29.7. The molecule has 2 aromatic rings. The fraction of sp³-hybridized carbons (Fsp3) is 0.235. The molecule has 2 rings (SSSR count). The lowest BCUT2D eigenvalue weighted by molar-refractivity contribution is -0.147. The first-order chi connectivity index (χ1) is 11.6. The number of esters is 1. The molecule has 0 aliphatic heterocycles. The zero-order valence-corrected chi connectivity index (χ0v) is 14.2. The van der Waals surface area contributed by atoms with Gasteiger partial charge in [0.25, 0.3) is 0 Å². The normalized spacial score (nSPS) is 10.6. The van der Waals surface area contributed by atoms with Crippen LogP contribution in [0.3, 0.4) is 0 Å². The zero-order chi connectivity index (χ0) is 17.4. The van der Waals surface area contributed by atoms with Crippen molar-refractivity contribution in [1.29, 1.82) is 0 Å². The summed E-state index contributed by atoms with van der Waals surface area (Å²) in [5.74, 6) is -0.144. The van der Waals surface area contributed by atoms with Crippen molar-refractivity contribution in [3.8, 4) is 5.75 Å². The van der Waals surface area contributed by atoms with Crippen molar-refractivity contribution in [2.45, 2.75) is 6.92 Å². The van der Waals surface area contributed by atoms with Crippen LogP contribution in [-0.2, 0) is 14.4 Å². The number of Topliss-reactive ketones (excluding diaryl/α,β-unsaturated/α-hetero) is 1.